The van der Waals surface area contributed by atoms with Crippen LogP contribution in [0.3, 0.4) is 0 Å². The van der Waals surface area contributed by atoms with Gasteiger partial charge in [-0.3, -0.25) is 4.79 Å². The fraction of sp³-hybridized carbons (Fsp3) is 0.250. The second-order valence-electron chi connectivity index (χ2n) is 10.5. The average Bonchev–Trinajstić information content (AvgIpc) is 3.04. The smallest absolute Gasteiger partial charge is 0.254 e. The van der Waals surface area contributed by atoms with E-state index in [1.807, 2.05) is 77.7 Å². The number of rotatable bonds is 11. The Hall–Kier alpha value is -4.71. The molecule has 1 fully saturated rings. The zero-order valence-electron chi connectivity index (χ0n) is 24.4. The van der Waals surface area contributed by atoms with Crippen molar-refractivity contribution in [2.45, 2.75) is 32.0 Å². The van der Waals surface area contributed by atoms with E-state index in [1.165, 1.54) is 5.56 Å². The van der Waals surface area contributed by atoms with Crippen molar-refractivity contribution in [2.75, 3.05) is 27.3 Å². The van der Waals surface area contributed by atoms with Crippen molar-refractivity contribution < 1.29 is 19.0 Å². The SMILES string of the molecule is C=C1CN(C(=O)c2ccc(OC)cc2)C[C@H](CCc2ccccc2)N1Cc1ccc(OCc2ccccc2)c(OC)c1. The Morgan fingerprint density at radius 2 is 1.50 bits per heavy atom. The number of amides is 1. The molecule has 1 saturated heterocycles. The molecule has 1 aliphatic rings. The molecule has 0 aromatic heterocycles. The number of carbonyl (C=O) groups excluding carboxylic acids is 1. The van der Waals surface area contributed by atoms with E-state index in [1.54, 1.807) is 14.2 Å². The van der Waals surface area contributed by atoms with E-state index < -0.39 is 0 Å². The van der Waals surface area contributed by atoms with Crippen LogP contribution < -0.4 is 14.2 Å². The van der Waals surface area contributed by atoms with Crippen LogP contribution in [-0.4, -0.2) is 49.1 Å². The number of hydrogen-bond donors (Lipinski definition) is 0. The van der Waals surface area contributed by atoms with Crippen LogP contribution in [0.4, 0.5) is 0 Å². The lowest BCUT2D eigenvalue weighted by Crippen LogP contribution is -2.53. The molecular weight excluding hydrogens is 524 g/mol. The molecule has 216 valence electrons. The number of methoxy groups -OCH3 is 2. The maximum absolute atomic E-state index is 13.5. The molecule has 0 aliphatic carbocycles. The third kappa shape index (κ3) is 7.13. The van der Waals surface area contributed by atoms with Gasteiger partial charge in [-0.05, 0) is 65.9 Å². The molecule has 4 aromatic rings. The summed E-state index contributed by atoms with van der Waals surface area (Å²) < 4.78 is 17.1. The first kappa shape index (κ1) is 28.8. The lowest BCUT2D eigenvalue weighted by molar-refractivity contribution is 0.0586. The number of carbonyl (C=O) groups is 1. The van der Waals surface area contributed by atoms with Crippen molar-refractivity contribution in [1.82, 2.24) is 9.80 Å². The fourth-order valence-corrected chi connectivity index (χ4v) is 5.39. The molecular formula is C36H38N2O4. The summed E-state index contributed by atoms with van der Waals surface area (Å²) >= 11 is 0. The van der Waals surface area contributed by atoms with Crippen molar-refractivity contribution in [3.63, 3.8) is 0 Å². The molecule has 1 atom stereocenters. The molecule has 0 saturated carbocycles. The predicted octanol–water partition coefficient (Wildman–Crippen LogP) is 6.76. The van der Waals surface area contributed by atoms with E-state index in [0.29, 0.717) is 43.3 Å². The minimum absolute atomic E-state index is 0.00440. The lowest BCUT2D eigenvalue weighted by Gasteiger charge is -2.44. The number of piperazine rings is 1. The molecule has 5 rings (SSSR count). The van der Waals surface area contributed by atoms with Crippen molar-refractivity contribution in [3.8, 4) is 17.2 Å². The summed E-state index contributed by atoms with van der Waals surface area (Å²) in [6.45, 7) is 6.66. The number of ether oxygens (including phenoxy) is 3. The first-order valence-corrected chi connectivity index (χ1v) is 14.3. The van der Waals surface area contributed by atoms with Crippen molar-refractivity contribution in [3.05, 3.63) is 138 Å². The topological polar surface area (TPSA) is 51.2 Å². The Bertz CT molecular complexity index is 1470. The van der Waals surface area contributed by atoms with Gasteiger partial charge in [0.05, 0.1) is 20.8 Å². The van der Waals surface area contributed by atoms with Crippen molar-refractivity contribution in [1.29, 1.82) is 0 Å². The van der Waals surface area contributed by atoms with E-state index in [2.05, 4.69) is 41.8 Å². The molecule has 1 amide bonds. The van der Waals surface area contributed by atoms with Gasteiger partial charge in [-0.25, -0.2) is 0 Å². The highest BCUT2D eigenvalue weighted by atomic mass is 16.5. The van der Waals surface area contributed by atoms with Crippen LogP contribution in [0, 0.1) is 0 Å². The molecule has 42 heavy (non-hydrogen) atoms. The van der Waals surface area contributed by atoms with Gasteiger partial charge in [0, 0.05) is 30.4 Å². The standard InChI is InChI=1S/C36H38N2O4/c1-27-23-37(36(39)31-16-19-33(40-2)20-17-31)25-32(18-14-28-10-6-4-7-11-28)38(27)24-30-15-21-34(35(22-30)41-3)42-26-29-12-8-5-9-13-29/h4-13,15-17,19-22,32H,1,14,18,23-26H2,2-3H3/t32-/m0/s1. The average molecular weight is 563 g/mol. The summed E-state index contributed by atoms with van der Waals surface area (Å²) in [4.78, 5) is 17.8. The quantitative estimate of drug-likeness (QED) is 0.202. The molecule has 0 radical (unpaired) electrons. The third-order valence-electron chi connectivity index (χ3n) is 7.70. The van der Waals surface area contributed by atoms with Gasteiger partial charge in [0.15, 0.2) is 11.5 Å². The minimum Gasteiger partial charge on any atom is -0.497 e. The van der Waals surface area contributed by atoms with Crippen LogP contribution in [-0.2, 0) is 19.6 Å². The van der Waals surface area contributed by atoms with Gasteiger partial charge in [-0.1, -0.05) is 73.3 Å². The Balaban J connectivity index is 1.32. The molecule has 0 unspecified atom stereocenters. The van der Waals surface area contributed by atoms with Crippen LogP contribution in [0.5, 0.6) is 17.2 Å². The van der Waals surface area contributed by atoms with Gasteiger partial charge in [-0.15, -0.1) is 0 Å². The maximum Gasteiger partial charge on any atom is 0.254 e. The summed E-state index contributed by atoms with van der Waals surface area (Å²) in [6, 6.07) is 34.1. The Kier molecular flexibility index (Phi) is 9.44. The zero-order chi connectivity index (χ0) is 29.3. The molecule has 0 spiro atoms. The highest BCUT2D eigenvalue weighted by Crippen LogP contribution is 2.32. The second kappa shape index (κ2) is 13.8. The lowest BCUT2D eigenvalue weighted by atomic mass is 9.99. The van der Waals surface area contributed by atoms with E-state index >= 15 is 0 Å². The van der Waals surface area contributed by atoms with Gasteiger partial charge in [0.1, 0.15) is 12.4 Å². The molecule has 1 aliphatic heterocycles. The fourth-order valence-electron chi connectivity index (χ4n) is 5.39. The highest BCUT2D eigenvalue weighted by Gasteiger charge is 2.32. The van der Waals surface area contributed by atoms with E-state index in [0.717, 1.165) is 35.4 Å². The monoisotopic (exact) mass is 562 g/mol. The van der Waals surface area contributed by atoms with E-state index in [9.17, 15) is 4.79 Å². The summed E-state index contributed by atoms with van der Waals surface area (Å²) in [5, 5.41) is 0. The van der Waals surface area contributed by atoms with Crippen molar-refractivity contribution in [2.24, 2.45) is 0 Å². The van der Waals surface area contributed by atoms with E-state index in [4.69, 9.17) is 14.2 Å². The molecule has 0 bridgehead atoms. The second-order valence-corrected chi connectivity index (χ2v) is 10.5. The Labute approximate surface area is 248 Å². The number of hydrogen-bond acceptors (Lipinski definition) is 5. The van der Waals surface area contributed by atoms with Gasteiger partial charge in [0.25, 0.3) is 5.91 Å². The van der Waals surface area contributed by atoms with E-state index in [-0.39, 0.29) is 11.9 Å². The van der Waals surface area contributed by atoms with Crippen LogP contribution in [0.15, 0.2) is 115 Å². The minimum atomic E-state index is 0.00440. The first-order valence-electron chi connectivity index (χ1n) is 14.3. The Morgan fingerprint density at radius 1 is 0.810 bits per heavy atom. The van der Waals surface area contributed by atoms with Crippen LogP contribution >= 0.6 is 0 Å². The van der Waals surface area contributed by atoms with Crippen molar-refractivity contribution >= 4 is 5.91 Å². The van der Waals surface area contributed by atoms with Crippen LogP contribution in [0.2, 0.25) is 0 Å². The predicted molar refractivity (Wildman–Crippen MR) is 166 cm³/mol. The molecule has 6 heteroatoms. The van der Waals surface area contributed by atoms with Gasteiger partial charge in [0.2, 0.25) is 0 Å². The highest BCUT2D eigenvalue weighted by molar-refractivity contribution is 5.94. The summed E-state index contributed by atoms with van der Waals surface area (Å²) in [5.74, 6) is 2.14. The molecule has 1 heterocycles. The molecule has 4 aromatic carbocycles. The van der Waals surface area contributed by atoms with Gasteiger partial charge < -0.3 is 24.0 Å². The number of aryl methyl sites for hydroxylation is 1. The van der Waals surface area contributed by atoms with Crippen LogP contribution in [0.25, 0.3) is 0 Å². The number of nitrogens with zero attached hydrogens (tertiary/aromatic N) is 2. The zero-order valence-corrected chi connectivity index (χ0v) is 24.4. The summed E-state index contributed by atoms with van der Waals surface area (Å²) in [7, 11) is 3.29. The van der Waals surface area contributed by atoms with Gasteiger partial charge >= 0.3 is 0 Å². The normalized spacial score (nSPS) is 14.9. The largest absolute Gasteiger partial charge is 0.497 e. The van der Waals surface area contributed by atoms with Crippen LogP contribution in [0.1, 0.15) is 33.5 Å². The Morgan fingerprint density at radius 3 is 2.17 bits per heavy atom. The molecule has 6 nitrogen and oxygen atoms in total. The first-order chi connectivity index (χ1) is 20.5. The number of benzene rings is 4. The summed E-state index contributed by atoms with van der Waals surface area (Å²) in [5.41, 5.74) is 5.05. The third-order valence-corrected chi connectivity index (χ3v) is 7.70. The molecule has 0 N–H and O–H groups in total. The summed E-state index contributed by atoms with van der Waals surface area (Å²) in [6.07, 6.45) is 1.81. The van der Waals surface area contributed by atoms with Gasteiger partial charge in [-0.2, -0.15) is 0 Å². The maximum atomic E-state index is 13.5.